The number of sulfonamides is 1. The lowest BCUT2D eigenvalue weighted by Gasteiger charge is -2.19. The lowest BCUT2D eigenvalue weighted by Crippen LogP contribution is -2.33. The van der Waals surface area contributed by atoms with E-state index in [0.717, 1.165) is 18.4 Å². The lowest BCUT2D eigenvalue weighted by atomic mass is 9.98. The smallest absolute Gasteiger partial charge is 0.244 e. The van der Waals surface area contributed by atoms with Crippen LogP contribution >= 0.6 is 11.6 Å². The first kappa shape index (κ1) is 14.3. The molecule has 0 radical (unpaired) electrons. The Morgan fingerprint density at radius 2 is 2.05 bits per heavy atom. The van der Waals surface area contributed by atoms with Crippen LogP contribution in [0, 0.1) is 18.8 Å². The van der Waals surface area contributed by atoms with Crippen LogP contribution in [0.4, 0.5) is 0 Å². The molecule has 6 heteroatoms. The molecule has 1 aliphatic carbocycles. The number of hydrogen-bond donors (Lipinski definition) is 1. The van der Waals surface area contributed by atoms with Gasteiger partial charge in [-0.15, -0.1) is 0 Å². The molecule has 1 aromatic carbocycles. The van der Waals surface area contributed by atoms with Crippen LogP contribution in [0.2, 0.25) is 5.02 Å². The third kappa shape index (κ3) is 2.17. The highest BCUT2D eigenvalue weighted by Crippen LogP contribution is 2.40. The third-order valence-corrected chi connectivity index (χ3v) is 7.14. The zero-order valence-corrected chi connectivity index (χ0v) is 13.0. The molecule has 3 atom stereocenters. The molecule has 110 valence electrons. The third-order valence-electron chi connectivity index (χ3n) is 4.65. The molecule has 1 aromatic rings. The largest absolute Gasteiger partial charge is 0.327 e. The van der Waals surface area contributed by atoms with Gasteiger partial charge in [0.1, 0.15) is 4.90 Å². The SMILES string of the molecule is Cc1cccc(S(=O)(=O)N2CC3CCC(N)C3C2)c1Cl. The van der Waals surface area contributed by atoms with Crippen LogP contribution in [-0.4, -0.2) is 31.9 Å². The molecule has 1 aliphatic heterocycles. The Morgan fingerprint density at radius 1 is 1.30 bits per heavy atom. The highest BCUT2D eigenvalue weighted by Gasteiger charge is 2.45. The molecule has 3 rings (SSSR count). The molecule has 1 heterocycles. The predicted octanol–water partition coefficient (Wildman–Crippen LogP) is 2.01. The van der Waals surface area contributed by atoms with Gasteiger partial charge >= 0.3 is 0 Å². The van der Waals surface area contributed by atoms with Crippen LogP contribution in [0.1, 0.15) is 18.4 Å². The van der Waals surface area contributed by atoms with Crippen LogP contribution in [0.3, 0.4) is 0 Å². The fourth-order valence-electron chi connectivity index (χ4n) is 3.42. The van der Waals surface area contributed by atoms with E-state index in [-0.39, 0.29) is 10.9 Å². The van der Waals surface area contributed by atoms with Crippen LogP contribution in [-0.2, 0) is 10.0 Å². The molecule has 2 aliphatic rings. The first-order chi connectivity index (χ1) is 9.41. The Morgan fingerprint density at radius 3 is 2.75 bits per heavy atom. The van der Waals surface area contributed by atoms with Gasteiger partial charge in [0.25, 0.3) is 0 Å². The quantitative estimate of drug-likeness (QED) is 0.908. The van der Waals surface area contributed by atoms with Crippen molar-refractivity contribution in [1.29, 1.82) is 0 Å². The zero-order valence-electron chi connectivity index (χ0n) is 11.4. The molecule has 1 saturated carbocycles. The molecule has 4 nitrogen and oxygen atoms in total. The minimum Gasteiger partial charge on any atom is -0.327 e. The summed E-state index contributed by atoms with van der Waals surface area (Å²) in [7, 11) is -3.51. The van der Waals surface area contributed by atoms with Gasteiger partial charge in [-0.25, -0.2) is 8.42 Å². The molecule has 2 fully saturated rings. The van der Waals surface area contributed by atoms with E-state index in [2.05, 4.69) is 0 Å². The summed E-state index contributed by atoms with van der Waals surface area (Å²) in [6.45, 7) is 2.92. The molecule has 0 bridgehead atoms. The Labute approximate surface area is 125 Å². The second-order valence-corrected chi connectivity index (χ2v) is 8.16. The standard InChI is InChI=1S/C14H19ClN2O2S/c1-9-3-2-4-13(14(9)15)20(18,19)17-7-10-5-6-12(16)11(10)8-17/h2-4,10-12H,5-8,16H2,1H3. The number of aryl methyl sites for hydroxylation is 1. The maximum absolute atomic E-state index is 12.7. The van der Waals surface area contributed by atoms with Crippen molar-refractivity contribution in [2.45, 2.75) is 30.7 Å². The van der Waals surface area contributed by atoms with Crippen molar-refractivity contribution >= 4 is 21.6 Å². The Hall–Kier alpha value is -0.620. The number of fused-ring (bicyclic) bond motifs is 1. The Balaban J connectivity index is 1.92. The normalized spacial score (nSPS) is 30.6. The minimum atomic E-state index is -3.51. The van der Waals surface area contributed by atoms with Gasteiger partial charge in [0, 0.05) is 19.1 Å². The molecule has 2 N–H and O–H groups in total. The van der Waals surface area contributed by atoms with E-state index in [1.165, 1.54) is 0 Å². The number of benzene rings is 1. The van der Waals surface area contributed by atoms with Gasteiger partial charge in [-0.05, 0) is 43.2 Å². The summed E-state index contributed by atoms with van der Waals surface area (Å²) in [5, 5.41) is 0.328. The van der Waals surface area contributed by atoms with Gasteiger partial charge in [-0.1, -0.05) is 23.7 Å². The van der Waals surface area contributed by atoms with Crippen molar-refractivity contribution in [1.82, 2.24) is 4.31 Å². The van der Waals surface area contributed by atoms with Crippen LogP contribution in [0.15, 0.2) is 23.1 Å². The molecule has 20 heavy (non-hydrogen) atoms. The summed E-state index contributed by atoms with van der Waals surface area (Å²) in [6.07, 6.45) is 2.04. The molecule has 3 unspecified atom stereocenters. The van der Waals surface area contributed by atoms with Gasteiger partial charge in [-0.2, -0.15) is 4.31 Å². The summed E-state index contributed by atoms with van der Waals surface area (Å²) in [5.41, 5.74) is 6.85. The van der Waals surface area contributed by atoms with Gasteiger partial charge in [-0.3, -0.25) is 0 Å². The maximum atomic E-state index is 12.7. The van der Waals surface area contributed by atoms with Crippen molar-refractivity contribution in [2.24, 2.45) is 17.6 Å². The fraction of sp³-hybridized carbons (Fsp3) is 0.571. The Kier molecular flexibility index (Phi) is 3.57. The number of nitrogens with two attached hydrogens (primary N) is 1. The molecular weight excluding hydrogens is 296 g/mol. The van der Waals surface area contributed by atoms with Gasteiger partial charge < -0.3 is 5.73 Å². The van der Waals surface area contributed by atoms with E-state index in [1.807, 2.05) is 13.0 Å². The van der Waals surface area contributed by atoms with E-state index in [9.17, 15) is 8.42 Å². The van der Waals surface area contributed by atoms with E-state index < -0.39 is 10.0 Å². The molecule has 1 saturated heterocycles. The van der Waals surface area contributed by atoms with Crippen molar-refractivity contribution in [3.63, 3.8) is 0 Å². The average Bonchev–Trinajstić information content (AvgIpc) is 2.96. The second kappa shape index (κ2) is 4.98. The van der Waals surface area contributed by atoms with E-state index in [4.69, 9.17) is 17.3 Å². The van der Waals surface area contributed by atoms with Crippen molar-refractivity contribution in [2.75, 3.05) is 13.1 Å². The molecular formula is C14H19ClN2O2S. The topological polar surface area (TPSA) is 63.4 Å². The lowest BCUT2D eigenvalue weighted by molar-refractivity contribution is 0.427. The van der Waals surface area contributed by atoms with E-state index in [1.54, 1.807) is 16.4 Å². The van der Waals surface area contributed by atoms with E-state index >= 15 is 0 Å². The number of halogens is 1. The van der Waals surface area contributed by atoms with Gasteiger partial charge in [0.2, 0.25) is 10.0 Å². The first-order valence-electron chi connectivity index (χ1n) is 6.92. The number of nitrogens with zero attached hydrogens (tertiary/aromatic N) is 1. The fourth-order valence-corrected chi connectivity index (χ4v) is 5.51. The molecule has 0 amide bonds. The number of hydrogen-bond acceptors (Lipinski definition) is 3. The summed E-state index contributed by atoms with van der Waals surface area (Å²) in [6, 6.07) is 5.26. The van der Waals surface area contributed by atoms with Crippen LogP contribution < -0.4 is 5.73 Å². The van der Waals surface area contributed by atoms with Crippen molar-refractivity contribution in [3.05, 3.63) is 28.8 Å². The van der Waals surface area contributed by atoms with Crippen LogP contribution in [0.25, 0.3) is 0 Å². The highest BCUT2D eigenvalue weighted by molar-refractivity contribution is 7.89. The van der Waals surface area contributed by atoms with Crippen LogP contribution in [0.5, 0.6) is 0 Å². The average molecular weight is 315 g/mol. The monoisotopic (exact) mass is 314 g/mol. The summed E-state index contributed by atoms with van der Waals surface area (Å²) in [4.78, 5) is 0.215. The Bertz CT molecular complexity index is 632. The van der Waals surface area contributed by atoms with Gasteiger partial charge in [0.15, 0.2) is 0 Å². The van der Waals surface area contributed by atoms with Crippen molar-refractivity contribution in [3.8, 4) is 0 Å². The summed E-state index contributed by atoms with van der Waals surface area (Å²) < 4.78 is 27.0. The molecule has 0 spiro atoms. The summed E-state index contributed by atoms with van der Waals surface area (Å²) in [5.74, 6) is 0.705. The van der Waals surface area contributed by atoms with E-state index in [0.29, 0.717) is 29.9 Å². The predicted molar refractivity (Wildman–Crippen MR) is 79.1 cm³/mol. The number of rotatable bonds is 2. The minimum absolute atomic E-state index is 0.133. The highest BCUT2D eigenvalue weighted by atomic mass is 35.5. The first-order valence-corrected chi connectivity index (χ1v) is 8.74. The zero-order chi connectivity index (χ0) is 14.5. The van der Waals surface area contributed by atoms with Gasteiger partial charge in [0.05, 0.1) is 5.02 Å². The summed E-state index contributed by atoms with van der Waals surface area (Å²) >= 11 is 6.17. The second-order valence-electron chi connectivity index (χ2n) is 5.87. The maximum Gasteiger partial charge on any atom is 0.244 e. The van der Waals surface area contributed by atoms with Crippen molar-refractivity contribution < 1.29 is 8.42 Å². The molecule has 0 aromatic heterocycles.